The summed E-state index contributed by atoms with van der Waals surface area (Å²) in [7, 11) is 0. The molecule has 2 atom stereocenters. The standard InChI is InChI=1S/C23H25N3O4/c1-2-19-17(16-5-3-4-6-20(16)24-19)11-14-7-9-15(10-8-14)22(27)25-21-13-30-12-18(21)23(28)26-29/h3-10,18,21,24,29H,2,11-13H2,1H3,(H,25,27)(H,26,28)/t18-,21+/m0/s1. The van der Waals surface area contributed by atoms with Crippen LogP contribution in [0.1, 0.15) is 34.1 Å². The predicted molar refractivity (Wildman–Crippen MR) is 112 cm³/mol. The zero-order chi connectivity index (χ0) is 21.1. The highest BCUT2D eigenvalue weighted by Gasteiger charge is 2.35. The van der Waals surface area contributed by atoms with E-state index in [1.54, 1.807) is 17.6 Å². The molecule has 4 N–H and O–H groups in total. The molecule has 1 aliphatic rings. The molecule has 0 unspecified atom stereocenters. The lowest BCUT2D eigenvalue weighted by molar-refractivity contribution is -0.133. The number of para-hydroxylation sites is 1. The molecule has 0 bridgehead atoms. The minimum absolute atomic E-state index is 0.167. The largest absolute Gasteiger partial charge is 0.378 e. The molecular formula is C23H25N3O4. The van der Waals surface area contributed by atoms with Crippen molar-refractivity contribution >= 4 is 22.7 Å². The summed E-state index contributed by atoms with van der Waals surface area (Å²) in [6, 6.07) is 15.3. The summed E-state index contributed by atoms with van der Waals surface area (Å²) >= 11 is 0. The molecule has 0 radical (unpaired) electrons. The van der Waals surface area contributed by atoms with E-state index >= 15 is 0 Å². The van der Waals surface area contributed by atoms with E-state index in [1.807, 2.05) is 24.3 Å². The fourth-order valence-corrected chi connectivity index (χ4v) is 4.03. The van der Waals surface area contributed by atoms with Gasteiger partial charge in [-0.15, -0.1) is 0 Å². The number of rotatable bonds is 6. The smallest absolute Gasteiger partial charge is 0.251 e. The third-order valence-electron chi connectivity index (χ3n) is 5.70. The third-order valence-corrected chi connectivity index (χ3v) is 5.70. The van der Waals surface area contributed by atoms with Crippen LogP contribution >= 0.6 is 0 Å². The summed E-state index contributed by atoms with van der Waals surface area (Å²) in [5.74, 6) is -1.43. The van der Waals surface area contributed by atoms with Crippen molar-refractivity contribution in [2.24, 2.45) is 5.92 Å². The molecule has 2 heterocycles. The van der Waals surface area contributed by atoms with Gasteiger partial charge in [0, 0.05) is 22.2 Å². The maximum absolute atomic E-state index is 12.6. The summed E-state index contributed by atoms with van der Waals surface area (Å²) in [6.07, 6.45) is 1.71. The number of nitrogens with one attached hydrogen (secondary N) is 3. The summed E-state index contributed by atoms with van der Waals surface area (Å²) in [4.78, 5) is 27.8. The van der Waals surface area contributed by atoms with E-state index < -0.39 is 17.9 Å². The van der Waals surface area contributed by atoms with Gasteiger partial charge in [0.05, 0.1) is 25.2 Å². The molecule has 1 saturated heterocycles. The van der Waals surface area contributed by atoms with Crippen LogP contribution in [0.2, 0.25) is 0 Å². The summed E-state index contributed by atoms with van der Waals surface area (Å²) in [5, 5.41) is 12.9. The van der Waals surface area contributed by atoms with E-state index in [2.05, 4.69) is 29.4 Å². The van der Waals surface area contributed by atoms with Crippen molar-refractivity contribution in [3.05, 3.63) is 70.9 Å². The van der Waals surface area contributed by atoms with Crippen molar-refractivity contribution in [2.45, 2.75) is 25.8 Å². The van der Waals surface area contributed by atoms with Gasteiger partial charge in [-0.05, 0) is 42.2 Å². The number of aromatic nitrogens is 1. The third kappa shape index (κ3) is 3.94. The molecule has 0 aliphatic carbocycles. The van der Waals surface area contributed by atoms with E-state index in [4.69, 9.17) is 9.94 Å². The number of hydrogen-bond acceptors (Lipinski definition) is 4. The van der Waals surface area contributed by atoms with Crippen molar-refractivity contribution < 1.29 is 19.5 Å². The minimum Gasteiger partial charge on any atom is -0.378 e. The van der Waals surface area contributed by atoms with Gasteiger partial charge >= 0.3 is 0 Å². The Bertz CT molecular complexity index is 1060. The van der Waals surface area contributed by atoms with Crippen LogP contribution in [-0.4, -0.2) is 41.3 Å². The van der Waals surface area contributed by atoms with Crippen LogP contribution in [0.3, 0.4) is 0 Å². The Hall–Kier alpha value is -3.16. The number of amides is 2. The monoisotopic (exact) mass is 407 g/mol. The van der Waals surface area contributed by atoms with E-state index in [9.17, 15) is 9.59 Å². The van der Waals surface area contributed by atoms with Gasteiger partial charge in [-0.1, -0.05) is 37.3 Å². The lowest BCUT2D eigenvalue weighted by Crippen LogP contribution is -2.45. The Balaban J connectivity index is 1.47. The molecular weight excluding hydrogens is 382 g/mol. The molecule has 7 heteroatoms. The number of carbonyl (C=O) groups excluding carboxylic acids is 2. The fourth-order valence-electron chi connectivity index (χ4n) is 4.03. The minimum atomic E-state index is -0.604. The molecule has 30 heavy (non-hydrogen) atoms. The number of H-pyrrole nitrogens is 1. The Morgan fingerprint density at radius 2 is 1.90 bits per heavy atom. The Morgan fingerprint density at radius 1 is 1.13 bits per heavy atom. The van der Waals surface area contributed by atoms with Crippen LogP contribution in [0.25, 0.3) is 10.9 Å². The summed E-state index contributed by atoms with van der Waals surface area (Å²) in [6.45, 7) is 2.54. The predicted octanol–water partition coefficient (Wildman–Crippen LogP) is 2.57. The number of carbonyl (C=O) groups is 2. The van der Waals surface area contributed by atoms with E-state index in [0.717, 1.165) is 23.9 Å². The van der Waals surface area contributed by atoms with Crippen LogP contribution in [0.15, 0.2) is 48.5 Å². The van der Waals surface area contributed by atoms with Gasteiger partial charge in [-0.25, -0.2) is 5.48 Å². The van der Waals surface area contributed by atoms with Gasteiger partial charge in [0.25, 0.3) is 11.8 Å². The SMILES string of the molecule is CCc1[nH]c2ccccc2c1Cc1ccc(C(=O)N[C@@H]2COC[C@@H]2C(=O)NO)cc1. The van der Waals surface area contributed by atoms with Crippen LogP contribution in [0, 0.1) is 5.92 Å². The zero-order valence-corrected chi connectivity index (χ0v) is 16.8. The number of aryl methyl sites for hydroxylation is 1. The average molecular weight is 407 g/mol. The number of hydrogen-bond donors (Lipinski definition) is 4. The molecule has 1 aromatic heterocycles. The molecule has 1 aliphatic heterocycles. The maximum Gasteiger partial charge on any atom is 0.251 e. The second-order valence-electron chi connectivity index (χ2n) is 7.55. The summed E-state index contributed by atoms with van der Waals surface area (Å²) in [5.41, 5.74) is 6.91. The van der Waals surface area contributed by atoms with E-state index in [1.165, 1.54) is 16.6 Å². The normalized spacial score (nSPS) is 18.5. The highest BCUT2D eigenvalue weighted by molar-refractivity contribution is 5.95. The van der Waals surface area contributed by atoms with Crippen molar-refractivity contribution in [3.8, 4) is 0 Å². The van der Waals surface area contributed by atoms with Crippen molar-refractivity contribution in [3.63, 3.8) is 0 Å². The first kappa shape index (κ1) is 20.1. The first-order valence-corrected chi connectivity index (χ1v) is 10.1. The number of ether oxygens (including phenoxy) is 1. The van der Waals surface area contributed by atoms with E-state index in [-0.39, 0.29) is 19.1 Å². The fraction of sp³-hybridized carbons (Fsp3) is 0.304. The topological polar surface area (TPSA) is 103 Å². The lowest BCUT2D eigenvalue weighted by Gasteiger charge is -2.17. The van der Waals surface area contributed by atoms with Crippen LogP contribution in [0.5, 0.6) is 0 Å². The average Bonchev–Trinajstić information content (AvgIpc) is 3.38. The van der Waals surface area contributed by atoms with Crippen molar-refractivity contribution in [1.29, 1.82) is 0 Å². The maximum atomic E-state index is 12.6. The van der Waals surface area contributed by atoms with E-state index in [0.29, 0.717) is 5.56 Å². The summed E-state index contributed by atoms with van der Waals surface area (Å²) < 4.78 is 5.27. The van der Waals surface area contributed by atoms with Gasteiger partial charge in [0.2, 0.25) is 0 Å². The van der Waals surface area contributed by atoms with Gasteiger partial charge in [0.15, 0.2) is 0 Å². The zero-order valence-electron chi connectivity index (χ0n) is 16.8. The lowest BCUT2D eigenvalue weighted by atomic mass is 9.99. The molecule has 0 spiro atoms. The van der Waals surface area contributed by atoms with Gasteiger partial charge in [-0.2, -0.15) is 0 Å². The highest BCUT2D eigenvalue weighted by Crippen LogP contribution is 2.25. The Morgan fingerprint density at radius 3 is 2.63 bits per heavy atom. The first-order valence-electron chi connectivity index (χ1n) is 10.1. The highest BCUT2D eigenvalue weighted by atomic mass is 16.5. The molecule has 3 aromatic rings. The van der Waals surface area contributed by atoms with Crippen LogP contribution in [0.4, 0.5) is 0 Å². The van der Waals surface area contributed by atoms with Crippen LogP contribution in [-0.2, 0) is 22.4 Å². The second-order valence-corrected chi connectivity index (χ2v) is 7.55. The van der Waals surface area contributed by atoms with Crippen molar-refractivity contribution in [1.82, 2.24) is 15.8 Å². The van der Waals surface area contributed by atoms with Crippen LogP contribution < -0.4 is 10.8 Å². The second kappa shape index (κ2) is 8.69. The van der Waals surface area contributed by atoms with Gasteiger partial charge < -0.3 is 15.0 Å². The molecule has 4 rings (SSSR count). The van der Waals surface area contributed by atoms with Gasteiger partial charge in [0.1, 0.15) is 0 Å². The Kier molecular flexibility index (Phi) is 5.83. The number of aromatic amines is 1. The molecule has 2 amide bonds. The molecule has 0 saturated carbocycles. The molecule has 156 valence electrons. The first-order chi connectivity index (χ1) is 14.6. The Labute approximate surface area is 174 Å². The number of benzene rings is 2. The van der Waals surface area contributed by atoms with Crippen molar-refractivity contribution in [2.75, 3.05) is 13.2 Å². The number of hydroxylamine groups is 1. The molecule has 2 aromatic carbocycles. The van der Waals surface area contributed by atoms with Gasteiger partial charge in [-0.3, -0.25) is 14.8 Å². The quantitative estimate of drug-likeness (QED) is 0.372. The number of fused-ring (bicyclic) bond motifs is 1. The molecule has 7 nitrogen and oxygen atoms in total. The molecule has 1 fully saturated rings.